The average molecular weight is 421 g/mol. The van der Waals surface area contributed by atoms with Crippen molar-refractivity contribution in [3.63, 3.8) is 0 Å². The molecule has 0 N–H and O–H groups in total. The van der Waals surface area contributed by atoms with Gasteiger partial charge in [-0.3, -0.25) is 4.99 Å². The van der Waals surface area contributed by atoms with E-state index in [4.69, 9.17) is 9.98 Å². The maximum atomic E-state index is 5.38. The van der Waals surface area contributed by atoms with E-state index in [2.05, 4.69) is 97.0 Å². The maximum Gasteiger partial charge on any atom is 0.117 e. The van der Waals surface area contributed by atoms with Gasteiger partial charge in [-0.1, -0.05) is 97.0 Å². The molecular weight excluding hydrogens is 384 g/mol. The third-order valence-electron chi connectivity index (χ3n) is 5.72. The molecule has 0 bridgehead atoms. The summed E-state index contributed by atoms with van der Waals surface area (Å²) >= 11 is 1.85. The summed E-state index contributed by atoms with van der Waals surface area (Å²) in [7, 11) is 0. The third-order valence-corrected chi connectivity index (χ3v) is 6.73. The molecule has 0 unspecified atom stereocenters. The van der Waals surface area contributed by atoms with E-state index in [0.717, 1.165) is 34.2 Å². The molecule has 1 heterocycles. The number of para-hydroxylation sites is 1. The summed E-state index contributed by atoms with van der Waals surface area (Å²) in [6.45, 7) is 15.9. The predicted octanol–water partition coefficient (Wildman–Crippen LogP) is 8.00. The topological polar surface area (TPSA) is 24.7 Å². The zero-order chi connectivity index (χ0) is 21.9. The third kappa shape index (κ3) is 5.24. The number of hydrogen-bond acceptors (Lipinski definition) is 3. The molecule has 0 spiro atoms. The van der Waals surface area contributed by atoms with Crippen molar-refractivity contribution in [2.24, 2.45) is 15.4 Å². The molecule has 0 fully saturated rings. The van der Waals surface area contributed by atoms with Crippen LogP contribution in [0.25, 0.3) is 0 Å². The summed E-state index contributed by atoms with van der Waals surface area (Å²) in [5.74, 6) is 1.93. The van der Waals surface area contributed by atoms with Crippen molar-refractivity contribution in [3.8, 4) is 0 Å². The number of benzene rings is 2. The highest BCUT2D eigenvalue weighted by Gasteiger charge is 2.29. The van der Waals surface area contributed by atoms with Gasteiger partial charge in [0.1, 0.15) is 10.8 Å². The van der Waals surface area contributed by atoms with Crippen LogP contribution in [-0.4, -0.2) is 22.6 Å². The van der Waals surface area contributed by atoms with Gasteiger partial charge >= 0.3 is 0 Å². The molecule has 160 valence electrons. The van der Waals surface area contributed by atoms with Crippen LogP contribution in [0.15, 0.2) is 58.5 Å². The Morgan fingerprint density at radius 1 is 0.933 bits per heavy atom. The maximum absolute atomic E-state index is 5.38. The van der Waals surface area contributed by atoms with Gasteiger partial charge in [-0.25, -0.2) is 4.99 Å². The van der Waals surface area contributed by atoms with Crippen LogP contribution in [0.4, 0.5) is 5.69 Å². The monoisotopic (exact) mass is 420 g/mol. The lowest BCUT2D eigenvalue weighted by molar-refractivity contribution is 0.316. The molecule has 0 aromatic heterocycles. The first-order chi connectivity index (χ1) is 14.2. The van der Waals surface area contributed by atoms with E-state index in [1.807, 2.05) is 11.8 Å². The van der Waals surface area contributed by atoms with Crippen LogP contribution in [0, 0.1) is 5.41 Å². The minimum Gasteiger partial charge on any atom is -0.272 e. The van der Waals surface area contributed by atoms with Crippen molar-refractivity contribution in [2.45, 2.75) is 72.8 Å². The standard InChI is InChI=1S/C27H36N2S/c1-18(2)21-14-11-15-22(19(3)4)25(21)29-24(20-12-9-8-10-13-20)26-28-23(16-17-30-26)27(5,6)7/h8-15,18-19,23H,16-17H2,1-7H3/t23-/m1/s1. The molecule has 2 aromatic rings. The Morgan fingerprint density at radius 3 is 2.07 bits per heavy atom. The Kier molecular flexibility index (Phi) is 7.23. The van der Waals surface area contributed by atoms with Gasteiger partial charge in [0.2, 0.25) is 0 Å². The molecule has 2 nitrogen and oxygen atoms in total. The lowest BCUT2D eigenvalue weighted by Crippen LogP contribution is -2.31. The van der Waals surface area contributed by atoms with Crippen LogP contribution in [0.2, 0.25) is 0 Å². The van der Waals surface area contributed by atoms with Gasteiger partial charge in [0, 0.05) is 11.3 Å². The normalized spacial score (nSPS) is 18.1. The van der Waals surface area contributed by atoms with E-state index in [1.165, 1.54) is 11.1 Å². The molecule has 0 saturated heterocycles. The fraction of sp³-hybridized carbons (Fsp3) is 0.481. The predicted molar refractivity (Wildman–Crippen MR) is 135 cm³/mol. The van der Waals surface area contributed by atoms with Crippen molar-refractivity contribution in [3.05, 3.63) is 65.2 Å². The fourth-order valence-corrected chi connectivity index (χ4v) is 4.89. The van der Waals surface area contributed by atoms with Crippen LogP contribution in [0.5, 0.6) is 0 Å². The van der Waals surface area contributed by atoms with E-state index in [1.54, 1.807) is 0 Å². The average Bonchev–Trinajstić information content (AvgIpc) is 2.71. The zero-order valence-electron chi connectivity index (χ0n) is 19.6. The van der Waals surface area contributed by atoms with Crippen LogP contribution in [0.1, 0.15) is 83.4 Å². The van der Waals surface area contributed by atoms with Gasteiger partial charge in [-0.15, -0.1) is 11.8 Å². The highest BCUT2D eigenvalue weighted by Crippen LogP contribution is 2.37. The second-order valence-electron chi connectivity index (χ2n) is 9.87. The second-order valence-corrected chi connectivity index (χ2v) is 11.0. The van der Waals surface area contributed by atoms with Crippen LogP contribution >= 0.6 is 11.8 Å². The van der Waals surface area contributed by atoms with E-state index in [-0.39, 0.29) is 5.41 Å². The summed E-state index contributed by atoms with van der Waals surface area (Å²) in [6, 6.07) is 17.5. The van der Waals surface area contributed by atoms with Gasteiger partial charge in [-0.2, -0.15) is 0 Å². The van der Waals surface area contributed by atoms with Gasteiger partial charge in [0.15, 0.2) is 0 Å². The Labute approximate surface area is 187 Å². The van der Waals surface area contributed by atoms with Crippen molar-refractivity contribution in [2.75, 3.05) is 5.75 Å². The molecule has 3 rings (SSSR count). The zero-order valence-corrected chi connectivity index (χ0v) is 20.4. The molecule has 30 heavy (non-hydrogen) atoms. The summed E-state index contributed by atoms with van der Waals surface area (Å²) in [5, 5.41) is 1.08. The van der Waals surface area contributed by atoms with E-state index in [0.29, 0.717) is 17.9 Å². The highest BCUT2D eigenvalue weighted by atomic mass is 32.2. The van der Waals surface area contributed by atoms with E-state index in [9.17, 15) is 0 Å². The van der Waals surface area contributed by atoms with E-state index >= 15 is 0 Å². The van der Waals surface area contributed by atoms with Gasteiger partial charge in [-0.05, 0) is 34.8 Å². The van der Waals surface area contributed by atoms with Gasteiger partial charge in [0.05, 0.1) is 11.7 Å². The number of aliphatic imine (C=N–C) groups is 2. The number of rotatable bonds is 5. The molecule has 0 saturated carbocycles. The minimum atomic E-state index is 0.160. The van der Waals surface area contributed by atoms with Crippen molar-refractivity contribution < 1.29 is 0 Å². The number of nitrogens with zero attached hydrogens (tertiary/aromatic N) is 2. The summed E-state index contributed by atoms with van der Waals surface area (Å²) in [6.07, 6.45) is 1.12. The summed E-state index contributed by atoms with van der Waals surface area (Å²) < 4.78 is 0. The second kappa shape index (κ2) is 9.51. The van der Waals surface area contributed by atoms with Gasteiger partial charge in [0.25, 0.3) is 0 Å². The summed E-state index contributed by atoms with van der Waals surface area (Å²) in [5.41, 5.74) is 6.07. The highest BCUT2D eigenvalue weighted by molar-refractivity contribution is 8.15. The molecule has 1 atom stereocenters. The van der Waals surface area contributed by atoms with Crippen LogP contribution < -0.4 is 0 Å². The summed E-state index contributed by atoms with van der Waals surface area (Å²) in [4.78, 5) is 10.6. The number of thioether (sulfide) groups is 1. The Hall–Kier alpha value is -1.87. The molecule has 2 aromatic carbocycles. The molecule has 0 aliphatic carbocycles. The Balaban J connectivity index is 2.23. The smallest absolute Gasteiger partial charge is 0.117 e. The molecular formula is C27H36N2S. The first kappa shape index (κ1) is 22.8. The fourth-order valence-electron chi connectivity index (χ4n) is 3.85. The first-order valence-corrected chi connectivity index (χ1v) is 12.1. The van der Waals surface area contributed by atoms with Crippen LogP contribution in [0.3, 0.4) is 0 Å². The first-order valence-electron chi connectivity index (χ1n) is 11.2. The minimum absolute atomic E-state index is 0.160. The lowest BCUT2D eigenvalue weighted by atomic mass is 9.85. The molecule has 1 aliphatic rings. The number of hydrogen-bond donors (Lipinski definition) is 0. The Morgan fingerprint density at radius 2 is 1.53 bits per heavy atom. The van der Waals surface area contributed by atoms with Crippen molar-refractivity contribution in [1.29, 1.82) is 0 Å². The molecule has 3 heteroatoms. The molecule has 1 aliphatic heterocycles. The quantitative estimate of drug-likeness (QED) is 0.450. The van der Waals surface area contributed by atoms with Crippen LogP contribution in [-0.2, 0) is 0 Å². The van der Waals surface area contributed by atoms with Gasteiger partial charge < -0.3 is 0 Å². The largest absolute Gasteiger partial charge is 0.272 e. The molecule has 0 amide bonds. The lowest BCUT2D eigenvalue weighted by Gasteiger charge is -2.31. The SMILES string of the molecule is CC(C)c1cccc(C(C)C)c1N=C(C1=N[C@@H](C(C)(C)C)CCS1)c1ccccc1. The van der Waals surface area contributed by atoms with Crippen molar-refractivity contribution >= 4 is 28.2 Å². The molecule has 0 radical (unpaired) electrons. The van der Waals surface area contributed by atoms with E-state index < -0.39 is 0 Å². The Bertz CT molecular complexity index is 891. The van der Waals surface area contributed by atoms with Crippen molar-refractivity contribution in [1.82, 2.24) is 0 Å².